The number of fused-ring (bicyclic) bond motifs is 1. The normalized spacial score (nSPS) is 20.9. The van der Waals surface area contributed by atoms with Gasteiger partial charge in [0.25, 0.3) is 0 Å². The maximum Gasteiger partial charge on any atom is 0.137 e. The first-order valence-corrected chi connectivity index (χ1v) is 6.91. The lowest BCUT2D eigenvalue weighted by atomic mass is 9.93. The molecule has 0 saturated heterocycles. The number of methoxy groups -OCH3 is 1. The molecule has 3 nitrogen and oxygen atoms in total. The smallest absolute Gasteiger partial charge is 0.137 e. The molecule has 2 N–H and O–H groups in total. The minimum Gasteiger partial charge on any atom is -0.495 e. The Morgan fingerprint density at radius 1 is 1.25 bits per heavy atom. The highest BCUT2D eigenvalue weighted by atomic mass is 35.5. The van der Waals surface area contributed by atoms with E-state index in [1.54, 1.807) is 7.11 Å². The molecule has 1 unspecified atom stereocenters. The van der Waals surface area contributed by atoms with Gasteiger partial charge in [0.05, 0.1) is 12.1 Å². The van der Waals surface area contributed by atoms with Crippen molar-refractivity contribution in [3.8, 4) is 11.5 Å². The maximum absolute atomic E-state index is 6.23. The fraction of sp³-hybridized carbons (Fsp3) is 0.250. The van der Waals surface area contributed by atoms with E-state index >= 15 is 0 Å². The van der Waals surface area contributed by atoms with Gasteiger partial charge in [0, 0.05) is 18.0 Å². The van der Waals surface area contributed by atoms with Crippen molar-refractivity contribution in [3.63, 3.8) is 0 Å². The van der Waals surface area contributed by atoms with E-state index in [0.717, 1.165) is 23.3 Å². The highest BCUT2D eigenvalue weighted by Gasteiger charge is 2.27. The fourth-order valence-electron chi connectivity index (χ4n) is 2.54. The summed E-state index contributed by atoms with van der Waals surface area (Å²) >= 11 is 6.17. The van der Waals surface area contributed by atoms with Crippen molar-refractivity contribution in [1.82, 2.24) is 0 Å². The number of benzene rings is 2. The molecule has 0 aliphatic carbocycles. The van der Waals surface area contributed by atoms with Crippen LogP contribution in [0.1, 0.15) is 29.7 Å². The lowest BCUT2D eigenvalue weighted by Crippen LogP contribution is -2.24. The molecule has 0 spiro atoms. The van der Waals surface area contributed by atoms with Crippen LogP contribution in [-0.2, 0) is 0 Å². The molecule has 1 aliphatic rings. The number of para-hydroxylation sites is 1. The Kier molecular flexibility index (Phi) is 3.55. The lowest BCUT2D eigenvalue weighted by Gasteiger charge is -2.30. The Labute approximate surface area is 123 Å². The number of ether oxygens (including phenoxy) is 2. The van der Waals surface area contributed by atoms with Gasteiger partial charge in [-0.25, -0.2) is 0 Å². The molecule has 2 aromatic rings. The first kappa shape index (κ1) is 13.3. The fourth-order valence-corrected chi connectivity index (χ4v) is 2.81. The molecule has 2 aromatic carbocycles. The Bertz CT molecular complexity index is 630. The van der Waals surface area contributed by atoms with E-state index in [9.17, 15) is 0 Å². The van der Waals surface area contributed by atoms with Crippen LogP contribution in [0.3, 0.4) is 0 Å². The summed E-state index contributed by atoms with van der Waals surface area (Å²) in [6.07, 6.45) is 0.656. The van der Waals surface area contributed by atoms with Crippen LogP contribution in [-0.4, -0.2) is 7.11 Å². The Morgan fingerprint density at radius 2 is 2.05 bits per heavy atom. The van der Waals surface area contributed by atoms with E-state index in [2.05, 4.69) is 0 Å². The molecule has 104 valence electrons. The van der Waals surface area contributed by atoms with Crippen LogP contribution < -0.4 is 15.2 Å². The minimum absolute atomic E-state index is 0.0224. The number of hydrogen-bond donors (Lipinski definition) is 1. The zero-order valence-corrected chi connectivity index (χ0v) is 11.9. The van der Waals surface area contributed by atoms with Gasteiger partial charge in [-0.1, -0.05) is 35.9 Å². The third-order valence-corrected chi connectivity index (χ3v) is 3.90. The van der Waals surface area contributed by atoms with E-state index < -0.39 is 0 Å². The molecule has 0 bridgehead atoms. The summed E-state index contributed by atoms with van der Waals surface area (Å²) in [4.78, 5) is 0. The standard InChI is InChI=1S/C16H16ClNO2/c1-19-15-7-6-10(8-12(15)17)16-9-13(18)11-4-2-3-5-14(11)20-16/h2-8,13,16H,9,18H2,1H3/t13-,16?/m0/s1. The summed E-state index contributed by atoms with van der Waals surface area (Å²) in [5.41, 5.74) is 8.30. The molecule has 0 aromatic heterocycles. The van der Waals surface area contributed by atoms with Crippen LogP contribution in [0.15, 0.2) is 42.5 Å². The van der Waals surface area contributed by atoms with Crippen LogP contribution in [0.25, 0.3) is 0 Å². The molecule has 0 radical (unpaired) electrons. The van der Waals surface area contributed by atoms with Gasteiger partial charge in [0.2, 0.25) is 0 Å². The van der Waals surface area contributed by atoms with Gasteiger partial charge in [-0.05, 0) is 23.8 Å². The Morgan fingerprint density at radius 3 is 2.80 bits per heavy atom. The quantitative estimate of drug-likeness (QED) is 0.913. The zero-order valence-electron chi connectivity index (χ0n) is 11.2. The Balaban J connectivity index is 1.91. The van der Waals surface area contributed by atoms with Crippen LogP contribution in [0.5, 0.6) is 11.5 Å². The number of hydrogen-bond acceptors (Lipinski definition) is 3. The summed E-state index contributed by atoms with van der Waals surface area (Å²) in [5, 5.41) is 0.584. The predicted octanol–water partition coefficient (Wildman–Crippen LogP) is 3.87. The molecule has 0 saturated carbocycles. The summed E-state index contributed by atoms with van der Waals surface area (Å²) in [6.45, 7) is 0. The zero-order chi connectivity index (χ0) is 14.1. The highest BCUT2D eigenvalue weighted by Crippen LogP contribution is 2.40. The first-order chi connectivity index (χ1) is 9.69. The molecule has 0 fully saturated rings. The van der Waals surface area contributed by atoms with Gasteiger partial charge in [-0.2, -0.15) is 0 Å². The predicted molar refractivity (Wildman–Crippen MR) is 79.4 cm³/mol. The molecular weight excluding hydrogens is 274 g/mol. The van der Waals surface area contributed by atoms with Crippen molar-refractivity contribution < 1.29 is 9.47 Å². The summed E-state index contributed by atoms with van der Waals surface area (Å²) < 4.78 is 11.2. The molecule has 1 aliphatic heterocycles. The van der Waals surface area contributed by atoms with Gasteiger partial charge in [0.15, 0.2) is 0 Å². The van der Waals surface area contributed by atoms with Crippen LogP contribution in [0.4, 0.5) is 0 Å². The van der Waals surface area contributed by atoms with Crippen molar-refractivity contribution in [1.29, 1.82) is 0 Å². The van der Waals surface area contributed by atoms with E-state index in [4.69, 9.17) is 26.8 Å². The number of nitrogens with two attached hydrogens (primary N) is 1. The van der Waals surface area contributed by atoms with Crippen molar-refractivity contribution in [2.45, 2.75) is 18.6 Å². The average Bonchev–Trinajstić information content (AvgIpc) is 2.47. The molecule has 0 amide bonds. The van der Waals surface area contributed by atoms with Gasteiger partial charge in [-0.15, -0.1) is 0 Å². The lowest BCUT2D eigenvalue weighted by molar-refractivity contribution is 0.161. The molecule has 4 heteroatoms. The van der Waals surface area contributed by atoms with Crippen molar-refractivity contribution >= 4 is 11.6 Å². The maximum atomic E-state index is 6.23. The summed E-state index contributed by atoms with van der Waals surface area (Å²) in [6, 6.07) is 13.6. The van der Waals surface area contributed by atoms with Crippen LogP contribution in [0, 0.1) is 0 Å². The number of halogens is 1. The van der Waals surface area contributed by atoms with Crippen LogP contribution in [0.2, 0.25) is 5.02 Å². The monoisotopic (exact) mass is 289 g/mol. The summed E-state index contributed by atoms with van der Waals surface area (Å²) in [7, 11) is 1.60. The summed E-state index contributed by atoms with van der Waals surface area (Å²) in [5.74, 6) is 1.51. The van der Waals surface area contributed by atoms with Gasteiger partial charge >= 0.3 is 0 Å². The van der Waals surface area contributed by atoms with Crippen molar-refractivity contribution in [2.75, 3.05) is 7.11 Å². The van der Waals surface area contributed by atoms with Crippen molar-refractivity contribution in [3.05, 3.63) is 58.6 Å². The van der Waals surface area contributed by atoms with E-state index in [1.165, 1.54) is 0 Å². The average molecular weight is 290 g/mol. The van der Waals surface area contributed by atoms with Gasteiger partial charge in [0.1, 0.15) is 17.6 Å². The molecule has 3 rings (SSSR count). The SMILES string of the molecule is COc1ccc(C2C[C@H](N)c3ccccc3O2)cc1Cl. The molecular formula is C16H16ClNO2. The van der Waals surface area contributed by atoms with Gasteiger partial charge < -0.3 is 15.2 Å². The third-order valence-electron chi connectivity index (χ3n) is 3.60. The second kappa shape index (κ2) is 5.35. The third kappa shape index (κ3) is 2.35. The van der Waals surface area contributed by atoms with E-state index in [1.807, 2.05) is 42.5 Å². The topological polar surface area (TPSA) is 44.5 Å². The second-order valence-corrected chi connectivity index (χ2v) is 5.29. The number of rotatable bonds is 2. The van der Waals surface area contributed by atoms with E-state index in [-0.39, 0.29) is 12.1 Å². The molecule has 20 heavy (non-hydrogen) atoms. The van der Waals surface area contributed by atoms with E-state index in [0.29, 0.717) is 10.8 Å². The van der Waals surface area contributed by atoms with Crippen molar-refractivity contribution in [2.24, 2.45) is 5.73 Å². The largest absolute Gasteiger partial charge is 0.495 e. The van der Waals surface area contributed by atoms with Gasteiger partial charge in [-0.3, -0.25) is 0 Å². The first-order valence-electron chi connectivity index (χ1n) is 6.53. The second-order valence-electron chi connectivity index (χ2n) is 4.88. The Hall–Kier alpha value is -1.71. The molecule has 1 heterocycles. The highest BCUT2D eigenvalue weighted by molar-refractivity contribution is 6.32. The molecule has 2 atom stereocenters. The minimum atomic E-state index is -0.0803. The van der Waals surface area contributed by atoms with Crippen LogP contribution >= 0.6 is 11.6 Å².